The first kappa shape index (κ1) is 13.2. The molecule has 14 heavy (non-hydrogen) atoms. The van der Waals surface area contributed by atoms with Crippen LogP contribution in [0.4, 0.5) is 0 Å². The Bertz CT molecular complexity index is 298. The van der Waals surface area contributed by atoms with Crippen LogP contribution in [0.2, 0.25) is 0 Å². The molecule has 0 radical (unpaired) electrons. The molecular weight excluding hydrogens is 208 g/mol. The fourth-order valence-corrected chi connectivity index (χ4v) is 1.47. The maximum Gasteiger partial charge on any atom is 0.179 e. The van der Waals surface area contributed by atoms with Crippen molar-refractivity contribution >= 4 is 22.4 Å². The Morgan fingerprint density at radius 2 is 1.79 bits per heavy atom. The van der Waals surface area contributed by atoms with Crippen LogP contribution < -0.4 is 0 Å². The summed E-state index contributed by atoms with van der Waals surface area (Å²) in [7, 11) is -2.07. The standard InChI is InChI=1S/C8H14O5S/c1-7(14(3,11)12)4-8(5-9,6-10)13-2/h5-7H,4H2,1-3H3. The molecule has 0 saturated carbocycles. The molecule has 82 valence electrons. The van der Waals surface area contributed by atoms with Gasteiger partial charge >= 0.3 is 0 Å². The SMILES string of the molecule is COC(C=O)(C=O)CC(C)S(C)(=O)=O. The molecule has 6 heteroatoms. The zero-order valence-corrected chi connectivity index (χ0v) is 9.21. The van der Waals surface area contributed by atoms with Crippen molar-refractivity contribution < 1.29 is 22.7 Å². The minimum Gasteiger partial charge on any atom is -0.363 e. The average molecular weight is 222 g/mol. The first-order chi connectivity index (χ1) is 6.31. The number of carbonyl (C=O) groups excluding carboxylic acids is 2. The summed E-state index contributed by atoms with van der Waals surface area (Å²) in [5.74, 6) is 0. The van der Waals surface area contributed by atoms with E-state index in [1.807, 2.05) is 0 Å². The van der Waals surface area contributed by atoms with Gasteiger partial charge in [0.15, 0.2) is 18.2 Å². The van der Waals surface area contributed by atoms with Gasteiger partial charge in [-0.15, -0.1) is 0 Å². The molecule has 0 aromatic rings. The predicted octanol–water partition coefficient (Wildman–Crippen LogP) is -0.407. The fraction of sp³-hybridized carbons (Fsp3) is 0.750. The monoisotopic (exact) mass is 222 g/mol. The number of hydrogen-bond acceptors (Lipinski definition) is 5. The molecule has 0 aliphatic carbocycles. The third kappa shape index (κ3) is 3.19. The second-order valence-electron chi connectivity index (χ2n) is 3.24. The van der Waals surface area contributed by atoms with E-state index in [1.54, 1.807) is 0 Å². The Morgan fingerprint density at radius 3 is 2.00 bits per heavy atom. The van der Waals surface area contributed by atoms with Gasteiger partial charge in [-0.25, -0.2) is 8.42 Å². The molecule has 0 rings (SSSR count). The molecule has 0 N–H and O–H groups in total. The van der Waals surface area contributed by atoms with E-state index in [0.717, 1.165) is 6.26 Å². The molecule has 0 aliphatic rings. The van der Waals surface area contributed by atoms with Crippen molar-refractivity contribution in [2.24, 2.45) is 0 Å². The van der Waals surface area contributed by atoms with Crippen LogP contribution in [0.5, 0.6) is 0 Å². The van der Waals surface area contributed by atoms with Crippen molar-refractivity contribution in [1.29, 1.82) is 0 Å². The Hall–Kier alpha value is -0.750. The summed E-state index contributed by atoms with van der Waals surface area (Å²) in [6.45, 7) is 1.43. The smallest absolute Gasteiger partial charge is 0.179 e. The van der Waals surface area contributed by atoms with Gasteiger partial charge in [-0.3, -0.25) is 9.59 Å². The molecule has 0 spiro atoms. The molecule has 0 amide bonds. The van der Waals surface area contributed by atoms with Crippen LogP contribution in [0.25, 0.3) is 0 Å². The van der Waals surface area contributed by atoms with Crippen LogP contribution in [-0.2, 0) is 24.2 Å². The van der Waals surface area contributed by atoms with Gasteiger partial charge in [0.1, 0.15) is 9.84 Å². The van der Waals surface area contributed by atoms with Gasteiger partial charge in [-0.1, -0.05) is 0 Å². The van der Waals surface area contributed by atoms with Gasteiger partial charge in [0.2, 0.25) is 0 Å². The van der Waals surface area contributed by atoms with Crippen molar-refractivity contribution in [1.82, 2.24) is 0 Å². The van der Waals surface area contributed by atoms with Gasteiger partial charge < -0.3 is 4.74 Å². The maximum absolute atomic E-state index is 11.1. The summed E-state index contributed by atoms with van der Waals surface area (Å²) < 4.78 is 26.8. The van der Waals surface area contributed by atoms with Crippen molar-refractivity contribution in [3.63, 3.8) is 0 Å². The second kappa shape index (κ2) is 4.65. The molecule has 0 aromatic heterocycles. The van der Waals surface area contributed by atoms with Crippen LogP contribution in [0.15, 0.2) is 0 Å². The number of hydrogen-bond donors (Lipinski definition) is 0. The number of rotatable bonds is 6. The van der Waals surface area contributed by atoms with Gasteiger partial charge in [-0.2, -0.15) is 0 Å². The van der Waals surface area contributed by atoms with Crippen molar-refractivity contribution in [3.8, 4) is 0 Å². The highest BCUT2D eigenvalue weighted by molar-refractivity contribution is 7.91. The van der Waals surface area contributed by atoms with Gasteiger partial charge in [0.25, 0.3) is 0 Å². The largest absolute Gasteiger partial charge is 0.363 e. The normalized spacial score (nSPS) is 14.8. The van der Waals surface area contributed by atoms with Crippen molar-refractivity contribution in [3.05, 3.63) is 0 Å². The zero-order chi connectivity index (χ0) is 11.4. The van der Waals surface area contributed by atoms with Crippen LogP contribution >= 0.6 is 0 Å². The second-order valence-corrected chi connectivity index (χ2v) is 5.70. The van der Waals surface area contributed by atoms with Crippen LogP contribution in [-0.4, -0.2) is 45.2 Å². The first-order valence-electron chi connectivity index (χ1n) is 3.98. The summed E-state index contributed by atoms with van der Waals surface area (Å²) in [5, 5.41) is -0.794. The molecule has 0 fully saturated rings. The molecule has 5 nitrogen and oxygen atoms in total. The van der Waals surface area contributed by atoms with E-state index in [4.69, 9.17) is 4.74 Å². The minimum atomic E-state index is -3.26. The quantitative estimate of drug-likeness (QED) is 0.451. The highest BCUT2D eigenvalue weighted by Crippen LogP contribution is 2.16. The molecular formula is C8H14O5S. The third-order valence-electron chi connectivity index (χ3n) is 2.12. The van der Waals surface area contributed by atoms with E-state index in [1.165, 1.54) is 14.0 Å². The summed E-state index contributed by atoms with van der Waals surface area (Å²) in [6, 6.07) is 0. The minimum absolute atomic E-state index is 0.157. The average Bonchev–Trinajstić information content (AvgIpc) is 2.12. The molecule has 0 aromatic carbocycles. The van der Waals surface area contributed by atoms with E-state index in [9.17, 15) is 18.0 Å². The molecule has 0 bridgehead atoms. The highest BCUT2D eigenvalue weighted by Gasteiger charge is 2.34. The van der Waals surface area contributed by atoms with Gasteiger partial charge in [0, 0.05) is 19.8 Å². The molecule has 0 aliphatic heterocycles. The maximum atomic E-state index is 11.1. The lowest BCUT2D eigenvalue weighted by Gasteiger charge is -2.22. The number of sulfone groups is 1. The summed E-state index contributed by atoms with van der Waals surface area (Å²) >= 11 is 0. The van der Waals surface area contributed by atoms with E-state index < -0.39 is 20.7 Å². The van der Waals surface area contributed by atoms with Crippen LogP contribution in [0.3, 0.4) is 0 Å². The topological polar surface area (TPSA) is 77.5 Å². The predicted molar refractivity (Wildman–Crippen MR) is 50.8 cm³/mol. The molecule has 0 saturated heterocycles. The molecule has 1 unspecified atom stereocenters. The third-order valence-corrected chi connectivity index (χ3v) is 3.74. The Morgan fingerprint density at radius 1 is 1.36 bits per heavy atom. The summed E-state index contributed by atoms with van der Waals surface area (Å²) in [4.78, 5) is 21.2. The van der Waals surface area contributed by atoms with Crippen LogP contribution in [0.1, 0.15) is 13.3 Å². The molecule has 1 atom stereocenters. The van der Waals surface area contributed by atoms with E-state index in [-0.39, 0.29) is 6.42 Å². The molecule has 0 heterocycles. The first-order valence-corrected chi connectivity index (χ1v) is 5.93. The lowest BCUT2D eigenvalue weighted by Crippen LogP contribution is -2.40. The zero-order valence-electron chi connectivity index (χ0n) is 8.39. The van der Waals surface area contributed by atoms with Crippen molar-refractivity contribution in [2.75, 3.05) is 13.4 Å². The Balaban J connectivity index is 4.79. The Kier molecular flexibility index (Phi) is 4.41. The number of carbonyl (C=O) groups is 2. The van der Waals surface area contributed by atoms with E-state index in [0.29, 0.717) is 12.6 Å². The fourth-order valence-electron chi connectivity index (χ4n) is 0.904. The van der Waals surface area contributed by atoms with Crippen LogP contribution in [0, 0.1) is 0 Å². The number of ether oxygens (including phenoxy) is 1. The Labute approximate surface area is 83.4 Å². The van der Waals surface area contributed by atoms with E-state index in [2.05, 4.69) is 0 Å². The number of methoxy groups -OCH3 is 1. The highest BCUT2D eigenvalue weighted by atomic mass is 32.2. The number of aldehydes is 2. The van der Waals surface area contributed by atoms with Crippen molar-refractivity contribution in [2.45, 2.75) is 24.2 Å². The van der Waals surface area contributed by atoms with Gasteiger partial charge in [-0.05, 0) is 6.92 Å². The summed E-state index contributed by atoms with van der Waals surface area (Å²) in [6.07, 6.45) is 1.53. The summed E-state index contributed by atoms with van der Waals surface area (Å²) in [5.41, 5.74) is -1.64. The lowest BCUT2D eigenvalue weighted by molar-refractivity contribution is -0.139. The van der Waals surface area contributed by atoms with E-state index >= 15 is 0 Å². The lowest BCUT2D eigenvalue weighted by atomic mass is 10.0. The van der Waals surface area contributed by atoms with Gasteiger partial charge in [0.05, 0.1) is 5.25 Å².